The highest BCUT2D eigenvalue weighted by Gasteiger charge is 2.53. The summed E-state index contributed by atoms with van der Waals surface area (Å²) in [7, 11) is 0. The highest BCUT2D eigenvalue weighted by molar-refractivity contribution is 7.19. The van der Waals surface area contributed by atoms with E-state index in [2.05, 4.69) is 20.4 Å². The number of aryl methyl sites for hydroxylation is 1. The first-order valence-corrected chi connectivity index (χ1v) is 11.6. The normalized spacial score (nSPS) is 20.7. The number of allylic oxidation sites excluding steroid dienone is 2. The summed E-state index contributed by atoms with van der Waals surface area (Å²) >= 11 is 8.31. The number of nitrogens with two attached hydrogens (primary N) is 1. The van der Waals surface area contributed by atoms with Gasteiger partial charge in [0.2, 0.25) is 0 Å². The molecule has 2 aromatic rings. The van der Waals surface area contributed by atoms with Gasteiger partial charge < -0.3 is 21.4 Å². The fraction of sp³-hybridized carbons (Fsp3) is 0.263. The Morgan fingerprint density at radius 1 is 1.42 bits per heavy atom. The van der Waals surface area contributed by atoms with Crippen molar-refractivity contribution in [1.82, 2.24) is 20.2 Å². The summed E-state index contributed by atoms with van der Waals surface area (Å²) in [6.07, 6.45) is 4.30. The highest BCUT2D eigenvalue weighted by atomic mass is 35.5. The minimum absolute atomic E-state index is 0.0541. The van der Waals surface area contributed by atoms with Crippen LogP contribution in [-0.2, 0) is 14.4 Å². The number of aliphatic carboxylic acids is 1. The first-order valence-electron chi connectivity index (χ1n) is 9.55. The Hall–Kier alpha value is -3.29. The van der Waals surface area contributed by atoms with Crippen LogP contribution in [0.25, 0.3) is 6.08 Å². The van der Waals surface area contributed by atoms with Crippen molar-refractivity contribution in [3.63, 3.8) is 0 Å². The minimum atomic E-state index is -1.24. The van der Waals surface area contributed by atoms with Crippen LogP contribution in [0.4, 0.5) is 5.13 Å². The number of carbonyl (C=O) groups excluding carboxylic acids is 2. The molecule has 2 atom stereocenters. The monoisotopic (exact) mass is 508 g/mol. The molecule has 14 heteroatoms. The molecule has 1 fully saturated rings. The van der Waals surface area contributed by atoms with Gasteiger partial charge in [0.1, 0.15) is 21.8 Å². The SMILES string of the molecule is Cc1ncsc1C=CC1=C(C(=O)O)N2C(=O)[C@@H](NC(=O)/C(=N\O)c3nc(N)sc3Cl)[C@H]2CC1. The molecule has 4 rings (SSSR count). The molecule has 1 saturated heterocycles. The van der Waals surface area contributed by atoms with Crippen LogP contribution >= 0.6 is 34.3 Å². The van der Waals surface area contributed by atoms with Crippen molar-refractivity contribution in [2.45, 2.75) is 31.8 Å². The van der Waals surface area contributed by atoms with Crippen molar-refractivity contribution in [2.75, 3.05) is 5.73 Å². The average Bonchev–Trinajstić information content (AvgIpc) is 3.33. The summed E-state index contributed by atoms with van der Waals surface area (Å²) < 4.78 is 0.0541. The van der Waals surface area contributed by atoms with Gasteiger partial charge in [-0.05, 0) is 31.4 Å². The van der Waals surface area contributed by atoms with E-state index in [9.17, 15) is 24.7 Å². The number of nitrogen functional groups attached to an aromatic ring is 1. The molecular formula is C19H17ClN6O5S2. The number of nitrogens with zero attached hydrogens (tertiary/aromatic N) is 4. The summed E-state index contributed by atoms with van der Waals surface area (Å²) in [5.74, 6) is -2.69. The van der Waals surface area contributed by atoms with E-state index >= 15 is 0 Å². The lowest BCUT2D eigenvalue weighted by atomic mass is 9.83. The van der Waals surface area contributed by atoms with Crippen molar-refractivity contribution in [3.05, 3.63) is 43.5 Å². The van der Waals surface area contributed by atoms with Crippen LogP contribution in [0.2, 0.25) is 4.34 Å². The second-order valence-corrected chi connectivity index (χ2v) is 9.72. The lowest BCUT2D eigenvalue weighted by Gasteiger charge is -2.50. The fourth-order valence-electron chi connectivity index (χ4n) is 3.77. The predicted molar refractivity (Wildman–Crippen MR) is 122 cm³/mol. The topological polar surface area (TPSA) is 171 Å². The van der Waals surface area contributed by atoms with E-state index in [1.165, 1.54) is 16.2 Å². The number of carbonyl (C=O) groups is 3. The molecule has 2 amide bonds. The van der Waals surface area contributed by atoms with Gasteiger partial charge in [0.05, 0.1) is 17.2 Å². The summed E-state index contributed by atoms with van der Waals surface area (Å²) in [5.41, 5.74) is 7.88. The van der Waals surface area contributed by atoms with E-state index in [0.29, 0.717) is 18.4 Å². The summed E-state index contributed by atoms with van der Waals surface area (Å²) in [6, 6.07) is -1.53. The number of oxime groups is 1. The number of aromatic nitrogens is 2. The molecule has 11 nitrogen and oxygen atoms in total. The molecule has 0 radical (unpaired) electrons. The van der Waals surface area contributed by atoms with Crippen LogP contribution in [-0.4, -0.2) is 60.8 Å². The maximum absolute atomic E-state index is 12.8. The van der Waals surface area contributed by atoms with E-state index in [-0.39, 0.29) is 20.9 Å². The van der Waals surface area contributed by atoms with Gasteiger partial charge >= 0.3 is 5.97 Å². The number of thiazole rings is 2. The van der Waals surface area contributed by atoms with Crippen molar-refractivity contribution < 1.29 is 24.7 Å². The van der Waals surface area contributed by atoms with Gasteiger partial charge in [-0.1, -0.05) is 34.2 Å². The number of anilines is 1. The molecule has 0 saturated carbocycles. The standard InChI is InChI=1S/C19H17ClN6O5S2/c1-7-10(32-6-22-7)5-3-8-2-4-9-11(17(28)26(9)14(8)18(29)30)23-16(27)13(25-31)12-15(20)33-19(21)24-12/h3,5-6,9,11,31H,2,4H2,1H3,(H2,21,24)(H,23,27)(H,29,30)/b5-3?,25-13-/t9-,11+/m1/s1. The number of fused-ring (bicyclic) bond motifs is 1. The zero-order chi connectivity index (χ0) is 23.9. The number of amides is 2. The van der Waals surface area contributed by atoms with Gasteiger partial charge in [0.25, 0.3) is 11.8 Å². The molecule has 0 bridgehead atoms. The summed E-state index contributed by atoms with van der Waals surface area (Å²) in [4.78, 5) is 47.5. The van der Waals surface area contributed by atoms with Crippen LogP contribution in [0, 0.1) is 6.92 Å². The zero-order valence-electron chi connectivity index (χ0n) is 17.0. The third-order valence-electron chi connectivity index (χ3n) is 5.32. The number of carboxylic acids is 1. The second-order valence-electron chi connectivity index (χ2n) is 7.20. The van der Waals surface area contributed by atoms with Crippen molar-refractivity contribution in [2.24, 2.45) is 5.16 Å². The lowest BCUT2D eigenvalue weighted by Crippen LogP contribution is -2.72. The number of rotatable bonds is 6. The Morgan fingerprint density at radius 3 is 2.76 bits per heavy atom. The number of halogens is 1. The van der Waals surface area contributed by atoms with E-state index in [1.54, 1.807) is 17.7 Å². The lowest BCUT2D eigenvalue weighted by molar-refractivity contribution is -0.155. The van der Waals surface area contributed by atoms with Gasteiger partial charge in [-0.3, -0.25) is 14.5 Å². The molecule has 172 valence electrons. The first-order chi connectivity index (χ1) is 15.7. The number of β-lactam (4-membered cyclic amide) rings is 1. The number of nitrogens with one attached hydrogen (secondary N) is 1. The van der Waals surface area contributed by atoms with Gasteiger partial charge in [-0.2, -0.15) is 0 Å². The number of hydrogen-bond donors (Lipinski definition) is 4. The van der Waals surface area contributed by atoms with Gasteiger partial charge in [0, 0.05) is 4.88 Å². The van der Waals surface area contributed by atoms with E-state index < -0.39 is 35.6 Å². The smallest absolute Gasteiger partial charge is 0.352 e. The van der Waals surface area contributed by atoms with E-state index in [0.717, 1.165) is 21.9 Å². The Balaban J connectivity index is 1.54. The first kappa shape index (κ1) is 22.9. The molecule has 4 heterocycles. The zero-order valence-corrected chi connectivity index (χ0v) is 19.4. The molecule has 0 aromatic carbocycles. The minimum Gasteiger partial charge on any atom is -0.477 e. The van der Waals surface area contributed by atoms with Crippen molar-refractivity contribution >= 4 is 69.0 Å². The highest BCUT2D eigenvalue weighted by Crippen LogP contribution is 2.37. The average molecular weight is 509 g/mol. The number of hydrogen-bond acceptors (Lipinski definition) is 10. The maximum atomic E-state index is 12.8. The Bertz CT molecular complexity index is 1250. The van der Waals surface area contributed by atoms with Crippen LogP contribution < -0.4 is 11.1 Å². The quantitative estimate of drug-likeness (QED) is 0.198. The Morgan fingerprint density at radius 2 is 2.18 bits per heavy atom. The molecule has 5 N–H and O–H groups in total. The molecular weight excluding hydrogens is 492 g/mol. The van der Waals surface area contributed by atoms with Gasteiger partial charge in [0.15, 0.2) is 10.8 Å². The molecule has 2 aromatic heterocycles. The third-order valence-corrected chi connectivity index (χ3v) is 7.30. The van der Waals surface area contributed by atoms with Gasteiger partial charge in [-0.25, -0.2) is 14.8 Å². The van der Waals surface area contributed by atoms with Gasteiger partial charge in [-0.15, -0.1) is 11.3 Å². The summed E-state index contributed by atoms with van der Waals surface area (Å²) in [5, 5.41) is 24.6. The molecule has 2 aliphatic rings. The molecule has 0 aliphatic carbocycles. The molecule has 33 heavy (non-hydrogen) atoms. The fourth-order valence-corrected chi connectivity index (χ4v) is 5.40. The van der Waals surface area contributed by atoms with E-state index in [1.807, 2.05) is 6.92 Å². The molecule has 0 spiro atoms. The molecule has 2 aliphatic heterocycles. The predicted octanol–water partition coefficient (Wildman–Crippen LogP) is 1.86. The largest absolute Gasteiger partial charge is 0.477 e. The summed E-state index contributed by atoms with van der Waals surface area (Å²) in [6.45, 7) is 1.85. The molecule has 0 unspecified atom stereocenters. The Labute approximate surface area is 199 Å². The van der Waals surface area contributed by atoms with E-state index in [4.69, 9.17) is 17.3 Å². The van der Waals surface area contributed by atoms with Crippen molar-refractivity contribution in [1.29, 1.82) is 0 Å². The van der Waals surface area contributed by atoms with Crippen LogP contribution in [0.5, 0.6) is 0 Å². The van der Waals surface area contributed by atoms with Crippen LogP contribution in [0.1, 0.15) is 29.1 Å². The third kappa shape index (κ3) is 4.10. The maximum Gasteiger partial charge on any atom is 0.352 e. The second kappa shape index (κ2) is 8.92. The number of carboxylic acid groups (broad SMARTS) is 1. The van der Waals surface area contributed by atoms with Crippen molar-refractivity contribution in [3.8, 4) is 0 Å². The Kier molecular flexibility index (Phi) is 6.19. The van der Waals surface area contributed by atoms with Crippen LogP contribution in [0.3, 0.4) is 0 Å². The van der Waals surface area contributed by atoms with Crippen LogP contribution in [0.15, 0.2) is 28.0 Å².